The van der Waals surface area contributed by atoms with Crippen molar-refractivity contribution in [1.82, 2.24) is 20.6 Å². The maximum absolute atomic E-state index is 12.1. The molecule has 0 fully saturated rings. The molecule has 0 spiro atoms. The Balaban J connectivity index is 1.94. The zero-order valence-corrected chi connectivity index (χ0v) is 13.4. The number of hydrogen-bond donors (Lipinski definition) is 2. The highest BCUT2D eigenvalue weighted by Crippen LogP contribution is 2.17. The van der Waals surface area contributed by atoms with E-state index in [1.165, 1.54) is 0 Å². The van der Waals surface area contributed by atoms with Crippen LogP contribution in [0, 0.1) is 13.8 Å². The molecule has 0 saturated heterocycles. The van der Waals surface area contributed by atoms with E-state index in [4.69, 9.17) is 4.74 Å². The van der Waals surface area contributed by atoms with Gasteiger partial charge in [-0.15, -0.1) is 0 Å². The summed E-state index contributed by atoms with van der Waals surface area (Å²) in [7, 11) is 0. The number of nitrogens with one attached hydrogen (secondary N) is 2. The lowest BCUT2D eigenvalue weighted by molar-refractivity contribution is -0.122. The van der Waals surface area contributed by atoms with Gasteiger partial charge in [-0.05, 0) is 39.0 Å². The van der Waals surface area contributed by atoms with Crippen molar-refractivity contribution < 1.29 is 14.3 Å². The minimum atomic E-state index is -0.434. The Bertz CT molecular complexity index is 709. The second kappa shape index (κ2) is 7.44. The van der Waals surface area contributed by atoms with Crippen LogP contribution in [0.4, 0.5) is 0 Å². The van der Waals surface area contributed by atoms with E-state index in [-0.39, 0.29) is 12.5 Å². The number of hydrazine groups is 1. The van der Waals surface area contributed by atoms with Gasteiger partial charge in [0.05, 0.1) is 17.9 Å². The average molecular weight is 316 g/mol. The summed E-state index contributed by atoms with van der Waals surface area (Å²) in [5.41, 5.74) is 6.84. The number of nitrogens with zero attached hydrogens (tertiary/aromatic N) is 2. The second-order valence-electron chi connectivity index (χ2n) is 5.02. The van der Waals surface area contributed by atoms with Crippen molar-refractivity contribution in [3.05, 3.63) is 47.3 Å². The number of benzene rings is 1. The molecule has 2 rings (SSSR count). The van der Waals surface area contributed by atoms with Gasteiger partial charge in [0.25, 0.3) is 11.8 Å². The summed E-state index contributed by atoms with van der Waals surface area (Å²) in [5.74, 6) is -0.325. The topological polar surface area (TPSA) is 85.3 Å². The third-order valence-electron chi connectivity index (χ3n) is 3.14. The maximum Gasteiger partial charge on any atom is 0.273 e. The zero-order chi connectivity index (χ0) is 16.8. The predicted octanol–water partition coefficient (Wildman–Crippen LogP) is 1.36. The SMILES string of the molecule is CCOc1ccccc1C(=O)NNC(=O)Cn1nc(C)cc1C. The van der Waals surface area contributed by atoms with Crippen molar-refractivity contribution in [2.24, 2.45) is 0 Å². The van der Waals surface area contributed by atoms with Crippen molar-refractivity contribution in [3.8, 4) is 5.75 Å². The van der Waals surface area contributed by atoms with Gasteiger partial charge in [-0.2, -0.15) is 5.10 Å². The fourth-order valence-electron chi connectivity index (χ4n) is 2.14. The Kier molecular flexibility index (Phi) is 5.35. The molecule has 0 aliphatic heterocycles. The third-order valence-corrected chi connectivity index (χ3v) is 3.14. The smallest absolute Gasteiger partial charge is 0.273 e. The monoisotopic (exact) mass is 316 g/mol. The molecule has 0 aliphatic carbocycles. The number of aromatic nitrogens is 2. The summed E-state index contributed by atoms with van der Waals surface area (Å²) in [6.45, 7) is 6.05. The summed E-state index contributed by atoms with van der Waals surface area (Å²) in [6.07, 6.45) is 0. The average Bonchev–Trinajstić information content (AvgIpc) is 2.83. The van der Waals surface area contributed by atoms with E-state index in [9.17, 15) is 9.59 Å². The van der Waals surface area contributed by atoms with Gasteiger partial charge in [0, 0.05) is 5.69 Å². The molecule has 0 saturated carbocycles. The molecule has 0 aliphatic rings. The summed E-state index contributed by atoms with van der Waals surface area (Å²) >= 11 is 0. The van der Waals surface area contributed by atoms with Crippen molar-refractivity contribution in [3.63, 3.8) is 0 Å². The molecule has 0 radical (unpaired) electrons. The largest absolute Gasteiger partial charge is 0.493 e. The lowest BCUT2D eigenvalue weighted by Crippen LogP contribution is -2.43. The van der Waals surface area contributed by atoms with E-state index in [1.54, 1.807) is 28.9 Å². The van der Waals surface area contributed by atoms with E-state index in [1.807, 2.05) is 26.8 Å². The van der Waals surface area contributed by atoms with Crippen molar-refractivity contribution in [2.45, 2.75) is 27.3 Å². The molecule has 2 amide bonds. The van der Waals surface area contributed by atoms with Crippen LogP contribution < -0.4 is 15.6 Å². The van der Waals surface area contributed by atoms with Gasteiger partial charge in [0.2, 0.25) is 0 Å². The molecule has 1 aromatic heterocycles. The molecule has 0 unspecified atom stereocenters. The molecule has 2 aromatic rings. The lowest BCUT2D eigenvalue weighted by atomic mass is 10.2. The van der Waals surface area contributed by atoms with Gasteiger partial charge >= 0.3 is 0 Å². The first-order valence-electron chi connectivity index (χ1n) is 7.33. The molecule has 0 atom stereocenters. The number of rotatable bonds is 5. The molecule has 122 valence electrons. The van der Waals surface area contributed by atoms with E-state index in [0.717, 1.165) is 11.4 Å². The van der Waals surface area contributed by atoms with Crippen LogP contribution in [0.2, 0.25) is 0 Å². The molecule has 7 nitrogen and oxygen atoms in total. The fraction of sp³-hybridized carbons (Fsp3) is 0.312. The van der Waals surface area contributed by atoms with Crippen LogP contribution in [0.25, 0.3) is 0 Å². The molecule has 7 heteroatoms. The summed E-state index contributed by atoms with van der Waals surface area (Å²) in [6, 6.07) is 8.73. The van der Waals surface area contributed by atoms with Gasteiger partial charge in [-0.3, -0.25) is 25.1 Å². The quantitative estimate of drug-likeness (QED) is 0.816. The second-order valence-corrected chi connectivity index (χ2v) is 5.02. The van der Waals surface area contributed by atoms with Crippen LogP contribution in [0.15, 0.2) is 30.3 Å². The summed E-state index contributed by atoms with van der Waals surface area (Å²) < 4.78 is 6.97. The molecule has 1 heterocycles. The Morgan fingerprint density at radius 1 is 1.22 bits per heavy atom. The van der Waals surface area contributed by atoms with Crippen LogP contribution in [-0.4, -0.2) is 28.2 Å². The Morgan fingerprint density at radius 2 is 1.96 bits per heavy atom. The number of aryl methyl sites for hydroxylation is 2. The minimum absolute atomic E-state index is 0.0348. The number of hydrogen-bond acceptors (Lipinski definition) is 4. The number of para-hydroxylation sites is 1. The normalized spacial score (nSPS) is 10.2. The van der Waals surface area contributed by atoms with Gasteiger partial charge in [-0.1, -0.05) is 12.1 Å². The first-order chi connectivity index (χ1) is 11.0. The first-order valence-corrected chi connectivity index (χ1v) is 7.33. The highest BCUT2D eigenvalue weighted by atomic mass is 16.5. The number of carbonyl (C=O) groups excluding carboxylic acids is 2. The minimum Gasteiger partial charge on any atom is -0.493 e. The lowest BCUT2D eigenvalue weighted by Gasteiger charge is -2.11. The molecule has 23 heavy (non-hydrogen) atoms. The number of ether oxygens (including phenoxy) is 1. The maximum atomic E-state index is 12.1. The zero-order valence-electron chi connectivity index (χ0n) is 13.4. The highest BCUT2D eigenvalue weighted by Gasteiger charge is 2.13. The van der Waals surface area contributed by atoms with Crippen molar-refractivity contribution >= 4 is 11.8 Å². The fourth-order valence-corrected chi connectivity index (χ4v) is 2.14. The highest BCUT2D eigenvalue weighted by molar-refractivity contribution is 5.97. The third kappa shape index (κ3) is 4.32. The van der Waals surface area contributed by atoms with Crippen molar-refractivity contribution in [1.29, 1.82) is 0 Å². The van der Waals surface area contributed by atoms with Crippen LogP contribution in [0.5, 0.6) is 5.75 Å². The standard InChI is InChI=1S/C16H20N4O3/c1-4-23-14-8-6-5-7-13(14)16(22)18-17-15(21)10-20-12(3)9-11(2)19-20/h5-9H,4,10H2,1-3H3,(H,17,21)(H,18,22). The van der Waals surface area contributed by atoms with E-state index in [2.05, 4.69) is 16.0 Å². The van der Waals surface area contributed by atoms with E-state index >= 15 is 0 Å². The Labute approximate surface area is 134 Å². The summed E-state index contributed by atoms with van der Waals surface area (Å²) in [5, 5.41) is 4.20. The van der Waals surface area contributed by atoms with Crippen LogP contribution >= 0.6 is 0 Å². The molecule has 0 bridgehead atoms. The van der Waals surface area contributed by atoms with Crippen LogP contribution in [0.3, 0.4) is 0 Å². The van der Waals surface area contributed by atoms with Crippen LogP contribution in [-0.2, 0) is 11.3 Å². The predicted molar refractivity (Wildman–Crippen MR) is 84.9 cm³/mol. The molecule has 1 aromatic carbocycles. The molecular weight excluding hydrogens is 296 g/mol. The van der Waals surface area contributed by atoms with Gasteiger partial charge in [-0.25, -0.2) is 0 Å². The van der Waals surface area contributed by atoms with E-state index in [0.29, 0.717) is 17.9 Å². The van der Waals surface area contributed by atoms with Crippen LogP contribution in [0.1, 0.15) is 28.7 Å². The Morgan fingerprint density at radius 3 is 2.61 bits per heavy atom. The number of carbonyl (C=O) groups is 2. The van der Waals surface area contributed by atoms with Crippen molar-refractivity contribution in [2.75, 3.05) is 6.61 Å². The first kappa shape index (κ1) is 16.5. The molecular formula is C16H20N4O3. The number of amides is 2. The Hall–Kier alpha value is -2.83. The molecule has 2 N–H and O–H groups in total. The van der Waals surface area contributed by atoms with Gasteiger partial charge < -0.3 is 4.74 Å². The summed E-state index contributed by atoms with van der Waals surface area (Å²) in [4.78, 5) is 24.0. The van der Waals surface area contributed by atoms with Gasteiger partial charge in [0.15, 0.2) is 0 Å². The van der Waals surface area contributed by atoms with E-state index < -0.39 is 5.91 Å². The van der Waals surface area contributed by atoms with Gasteiger partial charge in [0.1, 0.15) is 12.3 Å².